The van der Waals surface area contributed by atoms with Crippen molar-refractivity contribution in [1.82, 2.24) is 0 Å². The number of halogens is 1. The van der Waals surface area contributed by atoms with Crippen LogP contribution in [-0.4, -0.2) is 11.7 Å². The Kier molecular flexibility index (Phi) is 4.31. The third-order valence-corrected chi connectivity index (χ3v) is 1.97. The standard InChI is InChI=1S/C11H12ClNO2/c1-8(13)6-11(14)15-7-9-2-4-10(12)5-3-9/h2-5,13H,6-7H2,1H3. The van der Waals surface area contributed by atoms with Gasteiger partial charge in [-0.2, -0.15) is 0 Å². The van der Waals surface area contributed by atoms with Gasteiger partial charge in [-0.3, -0.25) is 4.79 Å². The molecular formula is C11H12ClNO2. The molecule has 15 heavy (non-hydrogen) atoms. The number of carbonyl (C=O) groups excluding carboxylic acids is 1. The van der Waals surface area contributed by atoms with Gasteiger partial charge < -0.3 is 10.1 Å². The number of carbonyl (C=O) groups is 1. The van der Waals surface area contributed by atoms with Crippen LogP contribution < -0.4 is 0 Å². The van der Waals surface area contributed by atoms with Crippen LogP contribution in [0, 0.1) is 5.41 Å². The number of hydrogen-bond acceptors (Lipinski definition) is 3. The summed E-state index contributed by atoms with van der Waals surface area (Å²) in [6.45, 7) is 1.80. The van der Waals surface area contributed by atoms with Crippen LogP contribution in [0.15, 0.2) is 24.3 Å². The van der Waals surface area contributed by atoms with Gasteiger partial charge in [0, 0.05) is 10.7 Å². The summed E-state index contributed by atoms with van der Waals surface area (Å²) in [7, 11) is 0. The van der Waals surface area contributed by atoms with Gasteiger partial charge in [0.05, 0.1) is 6.42 Å². The van der Waals surface area contributed by atoms with Crippen LogP contribution in [0.25, 0.3) is 0 Å². The fourth-order valence-corrected chi connectivity index (χ4v) is 1.14. The minimum atomic E-state index is -0.377. The maximum absolute atomic E-state index is 11.1. The third kappa shape index (κ3) is 4.61. The Morgan fingerprint density at radius 2 is 2.00 bits per heavy atom. The molecular weight excluding hydrogens is 214 g/mol. The average molecular weight is 226 g/mol. The largest absolute Gasteiger partial charge is 0.461 e. The Morgan fingerprint density at radius 3 is 2.53 bits per heavy atom. The molecule has 1 aromatic carbocycles. The van der Waals surface area contributed by atoms with Crippen molar-refractivity contribution in [1.29, 1.82) is 5.41 Å². The van der Waals surface area contributed by atoms with Gasteiger partial charge in [0.15, 0.2) is 0 Å². The second-order valence-corrected chi connectivity index (χ2v) is 3.68. The molecule has 0 heterocycles. The second-order valence-electron chi connectivity index (χ2n) is 3.24. The Balaban J connectivity index is 2.40. The Labute approximate surface area is 93.5 Å². The van der Waals surface area contributed by atoms with Gasteiger partial charge in [0.25, 0.3) is 0 Å². The number of rotatable bonds is 4. The van der Waals surface area contributed by atoms with Crippen LogP contribution in [0.4, 0.5) is 0 Å². The summed E-state index contributed by atoms with van der Waals surface area (Å²) < 4.78 is 4.96. The van der Waals surface area contributed by atoms with Gasteiger partial charge in [-0.1, -0.05) is 23.7 Å². The van der Waals surface area contributed by atoms with Crippen molar-refractivity contribution in [2.75, 3.05) is 0 Å². The molecule has 0 aliphatic heterocycles. The molecule has 0 saturated heterocycles. The van der Waals surface area contributed by atoms with E-state index >= 15 is 0 Å². The van der Waals surface area contributed by atoms with E-state index in [1.807, 2.05) is 0 Å². The number of hydrogen-bond donors (Lipinski definition) is 1. The van der Waals surface area contributed by atoms with E-state index in [2.05, 4.69) is 0 Å². The monoisotopic (exact) mass is 225 g/mol. The molecule has 0 bridgehead atoms. The summed E-state index contributed by atoms with van der Waals surface area (Å²) in [6.07, 6.45) is 0.0492. The van der Waals surface area contributed by atoms with Crippen molar-refractivity contribution in [2.24, 2.45) is 0 Å². The molecule has 0 radical (unpaired) electrons. The zero-order valence-corrected chi connectivity index (χ0v) is 9.17. The van der Waals surface area contributed by atoms with Gasteiger partial charge in [-0.15, -0.1) is 0 Å². The first-order chi connectivity index (χ1) is 7.08. The van der Waals surface area contributed by atoms with Gasteiger partial charge in [0.1, 0.15) is 6.61 Å². The molecule has 1 aromatic rings. The van der Waals surface area contributed by atoms with Gasteiger partial charge in [-0.25, -0.2) is 0 Å². The molecule has 0 fully saturated rings. The zero-order chi connectivity index (χ0) is 11.3. The lowest BCUT2D eigenvalue weighted by Gasteiger charge is -2.04. The summed E-state index contributed by atoms with van der Waals surface area (Å²) in [5, 5.41) is 7.77. The van der Waals surface area contributed by atoms with Crippen molar-refractivity contribution in [2.45, 2.75) is 20.0 Å². The van der Waals surface area contributed by atoms with Crippen molar-refractivity contribution < 1.29 is 9.53 Å². The summed E-state index contributed by atoms with van der Waals surface area (Å²) in [5.41, 5.74) is 1.19. The van der Waals surface area contributed by atoms with E-state index in [4.69, 9.17) is 21.7 Å². The lowest BCUT2D eigenvalue weighted by Crippen LogP contribution is -2.08. The Morgan fingerprint density at radius 1 is 1.40 bits per heavy atom. The van der Waals surface area contributed by atoms with Crippen LogP contribution in [0.5, 0.6) is 0 Å². The predicted molar refractivity (Wildman–Crippen MR) is 59.3 cm³/mol. The quantitative estimate of drug-likeness (QED) is 0.633. The molecule has 0 amide bonds. The van der Waals surface area contributed by atoms with Crippen molar-refractivity contribution in [3.8, 4) is 0 Å². The number of esters is 1. The molecule has 0 spiro atoms. The topological polar surface area (TPSA) is 50.2 Å². The first-order valence-electron chi connectivity index (χ1n) is 4.52. The number of ether oxygens (including phenoxy) is 1. The Hall–Kier alpha value is -1.35. The molecule has 80 valence electrons. The summed E-state index contributed by atoms with van der Waals surface area (Å²) in [4.78, 5) is 11.1. The van der Waals surface area contributed by atoms with E-state index < -0.39 is 0 Å². The minimum Gasteiger partial charge on any atom is -0.461 e. The highest BCUT2D eigenvalue weighted by Crippen LogP contribution is 2.10. The molecule has 0 saturated carbocycles. The summed E-state index contributed by atoms with van der Waals surface area (Å²) >= 11 is 5.71. The van der Waals surface area contributed by atoms with Crippen LogP contribution in [-0.2, 0) is 16.1 Å². The molecule has 1 rings (SSSR count). The normalized spacial score (nSPS) is 9.73. The van der Waals surface area contributed by atoms with Gasteiger partial charge in [-0.05, 0) is 24.6 Å². The lowest BCUT2D eigenvalue weighted by molar-refractivity contribution is -0.143. The highest BCUT2D eigenvalue weighted by atomic mass is 35.5. The average Bonchev–Trinajstić information content (AvgIpc) is 2.16. The van der Waals surface area contributed by atoms with Crippen LogP contribution in [0.2, 0.25) is 5.02 Å². The first kappa shape index (κ1) is 11.7. The van der Waals surface area contributed by atoms with Crippen molar-refractivity contribution in [3.05, 3.63) is 34.9 Å². The third-order valence-electron chi connectivity index (χ3n) is 1.72. The zero-order valence-electron chi connectivity index (χ0n) is 8.42. The van der Waals surface area contributed by atoms with Gasteiger partial charge >= 0.3 is 5.97 Å². The lowest BCUT2D eigenvalue weighted by atomic mass is 10.2. The minimum absolute atomic E-state index is 0.0492. The second kappa shape index (κ2) is 5.51. The van der Waals surface area contributed by atoms with Crippen molar-refractivity contribution >= 4 is 23.3 Å². The van der Waals surface area contributed by atoms with E-state index in [0.29, 0.717) is 10.7 Å². The fourth-order valence-electron chi connectivity index (χ4n) is 1.01. The Bertz CT molecular complexity index is 359. The molecule has 3 nitrogen and oxygen atoms in total. The molecule has 0 atom stereocenters. The molecule has 0 unspecified atom stereocenters. The van der Waals surface area contributed by atoms with E-state index in [1.165, 1.54) is 0 Å². The van der Waals surface area contributed by atoms with E-state index in [9.17, 15) is 4.79 Å². The highest BCUT2D eigenvalue weighted by molar-refractivity contribution is 6.30. The SMILES string of the molecule is CC(=N)CC(=O)OCc1ccc(Cl)cc1. The molecule has 1 N–H and O–H groups in total. The molecule has 0 aliphatic rings. The van der Waals surface area contributed by atoms with E-state index in [0.717, 1.165) is 5.56 Å². The van der Waals surface area contributed by atoms with E-state index in [-0.39, 0.29) is 19.0 Å². The highest BCUT2D eigenvalue weighted by Gasteiger charge is 2.04. The van der Waals surface area contributed by atoms with Crippen LogP contribution >= 0.6 is 11.6 Å². The maximum atomic E-state index is 11.1. The van der Waals surface area contributed by atoms with E-state index in [1.54, 1.807) is 31.2 Å². The van der Waals surface area contributed by atoms with Crippen LogP contribution in [0.3, 0.4) is 0 Å². The van der Waals surface area contributed by atoms with Gasteiger partial charge in [0.2, 0.25) is 0 Å². The summed E-state index contributed by atoms with van der Waals surface area (Å²) in [6, 6.07) is 7.08. The van der Waals surface area contributed by atoms with Crippen LogP contribution in [0.1, 0.15) is 18.9 Å². The first-order valence-corrected chi connectivity index (χ1v) is 4.90. The molecule has 0 aliphatic carbocycles. The maximum Gasteiger partial charge on any atom is 0.311 e. The number of benzene rings is 1. The molecule has 4 heteroatoms. The summed E-state index contributed by atoms with van der Waals surface area (Å²) in [5.74, 6) is -0.377. The predicted octanol–water partition coefficient (Wildman–Crippen LogP) is 2.81. The fraction of sp³-hybridized carbons (Fsp3) is 0.273. The molecule has 0 aromatic heterocycles. The number of nitrogens with one attached hydrogen (secondary N) is 1. The van der Waals surface area contributed by atoms with Crippen molar-refractivity contribution in [3.63, 3.8) is 0 Å². The smallest absolute Gasteiger partial charge is 0.311 e.